The zero-order valence-corrected chi connectivity index (χ0v) is 16.3. The first-order valence-electron chi connectivity index (χ1n) is 8.31. The molecule has 2 heterocycles. The van der Waals surface area contributed by atoms with Gasteiger partial charge in [-0.25, -0.2) is 9.59 Å². The molecule has 1 aliphatic heterocycles. The lowest BCUT2D eigenvalue weighted by Gasteiger charge is -2.32. The fourth-order valence-corrected chi connectivity index (χ4v) is 3.63. The van der Waals surface area contributed by atoms with Gasteiger partial charge in [0.05, 0.1) is 18.2 Å². The smallest absolute Gasteiger partial charge is 0.339 e. The Kier molecular flexibility index (Phi) is 6.12. The fraction of sp³-hybridized carbons (Fsp3) is 0.529. The number of rotatable bonds is 5. The lowest BCUT2D eigenvalue weighted by atomic mass is 10.1. The van der Waals surface area contributed by atoms with Crippen LogP contribution in [0.2, 0.25) is 0 Å². The van der Waals surface area contributed by atoms with Crippen molar-refractivity contribution in [1.29, 1.82) is 0 Å². The monoisotopic (exact) mass is 381 g/mol. The van der Waals surface area contributed by atoms with Crippen molar-refractivity contribution < 1.29 is 19.1 Å². The van der Waals surface area contributed by atoms with Gasteiger partial charge in [0, 0.05) is 17.8 Å². The Balaban J connectivity index is 2.67. The molecule has 0 amide bonds. The number of hydrogen-bond acceptors (Lipinski definition) is 8. The van der Waals surface area contributed by atoms with E-state index in [4.69, 9.17) is 9.47 Å². The van der Waals surface area contributed by atoms with Crippen LogP contribution >= 0.6 is 11.8 Å². The van der Waals surface area contributed by atoms with Gasteiger partial charge in [0.2, 0.25) is 0 Å². The van der Waals surface area contributed by atoms with Gasteiger partial charge >= 0.3 is 11.9 Å². The van der Waals surface area contributed by atoms with Crippen molar-refractivity contribution >= 4 is 23.7 Å². The van der Waals surface area contributed by atoms with Gasteiger partial charge in [-0.3, -0.25) is 4.79 Å². The summed E-state index contributed by atoms with van der Waals surface area (Å²) in [5.41, 5.74) is -0.680. The highest BCUT2D eigenvalue weighted by Crippen LogP contribution is 2.39. The van der Waals surface area contributed by atoms with Gasteiger partial charge in [-0.1, -0.05) is 0 Å². The van der Waals surface area contributed by atoms with Crippen molar-refractivity contribution in [3.05, 3.63) is 33.2 Å². The van der Waals surface area contributed by atoms with Crippen LogP contribution in [0.15, 0.2) is 32.8 Å². The number of nitrogens with one attached hydrogen (secondary N) is 1. The standard InChI is InChI=1S/C17H23N3O5S/c1-6-24-14(22)11-12(15(23)25-7-2)20-9-8-10(21)18-16(20)26-13(11)19-17(3,4)5/h8-9,12,19H,6-7H2,1-5H3. The Hall–Kier alpha value is -2.29. The van der Waals surface area contributed by atoms with E-state index in [0.29, 0.717) is 10.2 Å². The van der Waals surface area contributed by atoms with Gasteiger partial charge in [-0.2, -0.15) is 4.98 Å². The molecule has 142 valence electrons. The molecule has 0 fully saturated rings. The van der Waals surface area contributed by atoms with Crippen molar-refractivity contribution in [2.45, 2.75) is 51.4 Å². The van der Waals surface area contributed by atoms with Crippen LogP contribution in [0.3, 0.4) is 0 Å². The van der Waals surface area contributed by atoms with Gasteiger partial charge < -0.3 is 19.4 Å². The number of aromatic nitrogens is 2. The summed E-state index contributed by atoms with van der Waals surface area (Å²) >= 11 is 1.11. The summed E-state index contributed by atoms with van der Waals surface area (Å²) in [6.07, 6.45) is 1.44. The molecule has 0 aliphatic carbocycles. The van der Waals surface area contributed by atoms with Crippen molar-refractivity contribution in [1.82, 2.24) is 14.9 Å². The Morgan fingerprint density at radius 1 is 1.27 bits per heavy atom. The van der Waals surface area contributed by atoms with Crippen molar-refractivity contribution in [2.24, 2.45) is 0 Å². The predicted octanol–water partition coefficient (Wildman–Crippen LogP) is 1.62. The van der Waals surface area contributed by atoms with E-state index in [-0.39, 0.29) is 18.8 Å². The molecule has 26 heavy (non-hydrogen) atoms. The number of carbonyl (C=O) groups excluding carboxylic acids is 2. The molecule has 0 aromatic carbocycles. The maximum Gasteiger partial charge on any atom is 0.339 e. The predicted molar refractivity (Wildman–Crippen MR) is 96.6 cm³/mol. The van der Waals surface area contributed by atoms with Crippen LogP contribution in [0.1, 0.15) is 40.7 Å². The van der Waals surface area contributed by atoms with Gasteiger partial charge in [-0.15, -0.1) is 0 Å². The highest BCUT2D eigenvalue weighted by atomic mass is 32.2. The maximum absolute atomic E-state index is 12.7. The zero-order valence-electron chi connectivity index (χ0n) is 15.5. The number of carbonyl (C=O) groups is 2. The molecule has 1 unspecified atom stereocenters. The van der Waals surface area contributed by atoms with E-state index in [1.165, 1.54) is 16.8 Å². The van der Waals surface area contributed by atoms with E-state index in [1.54, 1.807) is 13.8 Å². The molecular weight excluding hydrogens is 358 g/mol. The summed E-state index contributed by atoms with van der Waals surface area (Å²) in [6, 6.07) is 0.157. The third-order valence-corrected chi connectivity index (χ3v) is 4.30. The highest BCUT2D eigenvalue weighted by molar-refractivity contribution is 8.03. The lowest BCUT2D eigenvalue weighted by molar-refractivity contribution is -0.149. The van der Waals surface area contributed by atoms with E-state index in [2.05, 4.69) is 10.3 Å². The molecule has 9 heteroatoms. The molecule has 1 aliphatic rings. The fourth-order valence-electron chi connectivity index (χ4n) is 2.38. The molecule has 1 atom stereocenters. The average Bonchev–Trinajstić information content (AvgIpc) is 2.52. The van der Waals surface area contributed by atoms with Crippen LogP contribution < -0.4 is 10.9 Å². The maximum atomic E-state index is 12.7. The van der Waals surface area contributed by atoms with Crippen LogP contribution in [0, 0.1) is 0 Å². The summed E-state index contributed by atoms with van der Waals surface area (Å²) in [6.45, 7) is 9.46. The summed E-state index contributed by atoms with van der Waals surface area (Å²) in [5.74, 6) is -1.23. The van der Waals surface area contributed by atoms with Gasteiger partial charge in [0.15, 0.2) is 11.2 Å². The van der Waals surface area contributed by atoms with Crippen LogP contribution in [-0.4, -0.2) is 40.2 Å². The summed E-state index contributed by atoms with van der Waals surface area (Å²) < 4.78 is 11.8. The normalized spacial score (nSPS) is 16.7. The Morgan fingerprint density at radius 3 is 2.50 bits per heavy atom. The van der Waals surface area contributed by atoms with Crippen LogP contribution in [0.25, 0.3) is 0 Å². The van der Waals surface area contributed by atoms with E-state index in [0.717, 1.165) is 11.8 Å². The largest absolute Gasteiger partial charge is 0.464 e. The third-order valence-electron chi connectivity index (χ3n) is 3.29. The van der Waals surface area contributed by atoms with E-state index in [9.17, 15) is 14.4 Å². The molecule has 1 N–H and O–H groups in total. The summed E-state index contributed by atoms with van der Waals surface area (Å²) in [4.78, 5) is 40.9. The van der Waals surface area contributed by atoms with E-state index >= 15 is 0 Å². The van der Waals surface area contributed by atoms with Gasteiger partial charge in [0.25, 0.3) is 5.56 Å². The average molecular weight is 381 g/mol. The van der Waals surface area contributed by atoms with Crippen molar-refractivity contribution in [2.75, 3.05) is 13.2 Å². The topological polar surface area (TPSA) is 99.5 Å². The minimum Gasteiger partial charge on any atom is -0.464 e. The first kappa shape index (κ1) is 20.0. The molecular formula is C17H23N3O5S. The molecule has 2 rings (SSSR count). The molecule has 1 aromatic rings. The van der Waals surface area contributed by atoms with Crippen LogP contribution in [0.5, 0.6) is 0 Å². The van der Waals surface area contributed by atoms with Gasteiger partial charge in [-0.05, 0) is 46.4 Å². The Labute approximate surface area is 156 Å². The molecule has 1 aromatic heterocycles. The summed E-state index contributed by atoms with van der Waals surface area (Å²) in [7, 11) is 0. The number of hydrogen-bond donors (Lipinski definition) is 1. The van der Waals surface area contributed by atoms with E-state index in [1.807, 2.05) is 20.8 Å². The second-order valence-electron chi connectivity index (χ2n) is 6.55. The van der Waals surface area contributed by atoms with Crippen LogP contribution in [0.4, 0.5) is 0 Å². The molecule has 0 radical (unpaired) electrons. The van der Waals surface area contributed by atoms with Crippen molar-refractivity contribution in [3.8, 4) is 0 Å². The second kappa shape index (κ2) is 7.94. The Bertz CT molecular complexity index is 794. The number of thioether (sulfide) groups is 1. The first-order valence-corrected chi connectivity index (χ1v) is 9.12. The number of fused-ring (bicyclic) bond motifs is 1. The molecule has 8 nitrogen and oxygen atoms in total. The number of nitrogens with zero attached hydrogens (tertiary/aromatic N) is 2. The highest BCUT2D eigenvalue weighted by Gasteiger charge is 2.40. The molecule has 0 saturated heterocycles. The summed E-state index contributed by atoms with van der Waals surface area (Å²) in [5, 5.41) is 3.94. The first-order chi connectivity index (χ1) is 12.2. The minimum atomic E-state index is -1.08. The lowest BCUT2D eigenvalue weighted by Crippen LogP contribution is -2.40. The molecule has 0 bridgehead atoms. The van der Waals surface area contributed by atoms with Crippen molar-refractivity contribution in [3.63, 3.8) is 0 Å². The quantitative estimate of drug-likeness (QED) is 0.607. The minimum absolute atomic E-state index is 0.142. The second-order valence-corrected chi connectivity index (χ2v) is 7.53. The van der Waals surface area contributed by atoms with Gasteiger partial charge in [0.1, 0.15) is 5.57 Å². The van der Waals surface area contributed by atoms with Crippen LogP contribution in [-0.2, 0) is 19.1 Å². The molecule has 0 saturated carbocycles. The SMILES string of the molecule is CCOC(=O)C1=C(NC(C)(C)C)Sc2nc(=O)ccn2C1C(=O)OCC. The Morgan fingerprint density at radius 2 is 1.92 bits per heavy atom. The zero-order chi connectivity index (χ0) is 19.5. The third kappa shape index (κ3) is 4.46. The number of esters is 2. The molecule has 0 spiro atoms. The number of ether oxygens (including phenoxy) is 2. The van der Waals surface area contributed by atoms with E-state index < -0.39 is 29.1 Å².